The van der Waals surface area contributed by atoms with Gasteiger partial charge in [-0.25, -0.2) is 50.2 Å². The van der Waals surface area contributed by atoms with Crippen molar-refractivity contribution in [3.8, 4) is 0 Å². The Bertz CT molecular complexity index is 3420. The number of carbonyl (C=O) groups excluding carboxylic acids is 4. The molecule has 0 fully saturated rings. The van der Waals surface area contributed by atoms with Gasteiger partial charge in [0, 0.05) is 36.9 Å². The molecule has 74 heavy (non-hydrogen) atoms. The van der Waals surface area contributed by atoms with Gasteiger partial charge in [-0.1, -0.05) is 35.3 Å². The Morgan fingerprint density at radius 1 is 0.662 bits per heavy atom. The lowest BCUT2D eigenvalue weighted by atomic mass is 10.1. The van der Waals surface area contributed by atoms with Gasteiger partial charge in [0.25, 0.3) is 20.0 Å². The molecule has 0 saturated heterocycles. The van der Waals surface area contributed by atoms with Gasteiger partial charge in [-0.15, -0.1) is 0 Å². The number of sulfonamides is 2. The number of amides is 2. The molecular weight excluding hydrogens is 1080 g/mol. The fraction of sp³-hybridized carbons (Fsp3) is 0.174. The molecule has 6 N–H and O–H groups in total. The number of isocyanates is 1. The number of aromatic nitrogens is 2. The number of aryl methyl sites for hydroxylation is 2. The number of benzene rings is 4. The Labute approximate surface area is 426 Å². The maximum absolute atomic E-state index is 14.6. The molecule has 0 spiro atoms. The van der Waals surface area contributed by atoms with Gasteiger partial charge in [-0.2, -0.15) is 26.3 Å². The van der Waals surface area contributed by atoms with E-state index in [0.29, 0.717) is 12.1 Å². The summed E-state index contributed by atoms with van der Waals surface area (Å²) in [5.74, 6) is -4.01. The van der Waals surface area contributed by atoms with E-state index in [0.717, 1.165) is 73.1 Å². The topological polar surface area (TPSA) is 249 Å². The van der Waals surface area contributed by atoms with E-state index in [-0.39, 0.29) is 38.6 Å². The van der Waals surface area contributed by atoms with E-state index in [1.54, 1.807) is 13.8 Å². The molecule has 0 bridgehead atoms. The highest BCUT2D eigenvalue weighted by molar-refractivity contribution is 7.93. The van der Waals surface area contributed by atoms with Crippen molar-refractivity contribution in [3.63, 3.8) is 0 Å². The number of pyridine rings is 2. The molecule has 28 heteroatoms. The van der Waals surface area contributed by atoms with Crippen LogP contribution in [0.4, 0.5) is 62.7 Å². The number of nitrogens with zero attached hydrogens (tertiary/aromatic N) is 3. The third kappa shape index (κ3) is 15.5. The SMILES string of the molecule is CN=C=O.Cc1ccc(S(=O)(=O)Nc2cc(Cl)cnc2C(=O)c2cc(N)ccc2F)cc1C(F)(F)F.Cc1ccc(S(=O)(=O)Nc2cc(Cl)cnc2C(=O)c2cc(NC(=O)NC(C)C)ccc2F)cc1C(F)(F)F. The van der Waals surface area contributed by atoms with Gasteiger partial charge in [0.2, 0.25) is 17.6 Å². The summed E-state index contributed by atoms with van der Waals surface area (Å²) in [6, 6.07) is 12.4. The Balaban J connectivity index is 0.000000302. The Morgan fingerprint density at radius 3 is 1.46 bits per heavy atom. The first-order valence-corrected chi connectivity index (χ1v) is 24.2. The van der Waals surface area contributed by atoms with Crippen molar-refractivity contribution >= 4 is 89.7 Å². The zero-order valence-electron chi connectivity index (χ0n) is 38.6. The number of urea groups is 1. The van der Waals surface area contributed by atoms with E-state index in [2.05, 4.69) is 25.6 Å². The second-order valence-electron chi connectivity index (χ2n) is 15.4. The standard InChI is InChI=1S/C24H21ClF4N4O4S.C20H14ClF4N3O3S.C2H3NO/c1-12(2)31-23(35)32-15-5-7-19(26)17(9-15)22(34)21-20(8-14(25)11-30-21)33-38(36,37)16-6-4-13(3)18(10-16)24(27,28)29;1-10-2-4-13(8-15(10)20(23,24)25)32(30,31)28-17-6-11(21)9-27-18(17)19(29)14-7-12(26)3-5-16(14)22;1-3-2-4/h4-12,33H,1-3H3,(H2,31,32,35);2-9,28H,26H2,1H3;1H3. The van der Waals surface area contributed by atoms with Crippen LogP contribution in [0, 0.1) is 25.5 Å². The van der Waals surface area contributed by atoms with Gasteiger partial charge < -0.3 is 16.4 Å². The molecule has 0 unspecified atom stereocenters. The van der Waals surface area contributed by atoms with Gasteiger partial charge in [-0.3, -0.25) is 19.0 Å². The summed E-state index contributed by atoms with van der Waals surface area (Å²) in [6.07, 6.45) is -6.24. The van der Waals surface area contributed by atoms with Crippen LogP contribution >= 0.6 is 23.2 Å². The second-order valence-corrected chi connectivity index (χ2v) is 19.7. The molecular formula is C46H38Cl2F8N8O8S2. The van der Waals surface area contributed by atoms with Gasteiger partial charge in [0.05, 0.1) is 53.5 Å². The molecule has 0 aliphatic rings. The summed E-state index contributed by atoms with van der Waals surface area (Å²) < 4.78 is 164. The van der Waals surface area contributed by atoms with Crippen molar-refractivity contribution in [2.75, 3.05) is 27.5 Å². The first-order chi connectivity index (χ1) is 34.3. The van der Waals surface area contributed by atoms with Crippen molar-refractivity contribution in [3.05, 3.63) is 164 Å². The highest BCUT2D eigenvalue weighted by Crippen LogP contribution is 2.36. The minimum absolute atomic E-state index is 0.0586. The quantitative estimate of drug-likeness (QED) is 0.0253. The molecule has 0 aliphatic carbocycles. The maximum atomic E-state index is 14.6. The maximum Gasteiger partial charge on any atom is 0.416 e. The molecule has 0 atom stereocenters. The summed E-state index contributed by atoms with van der Waals surface area (Å²) in [5, 5.41) is 4.81. The number of rotatable bonds is 12. The number of hydrogen-bond donors (Lipinski definition) is 5. The number of ketones is 2. The number of alkyl halides is 6. The monoisotopic (exact) mass is 1120 g/mol. The van der Waals surface area contributed by atoms with Crippen LogP contribution in [0.1, 0.15) is 68.2 Å². The van der Waals surface area contributed by atoms with E-state index in [1.807, 2.05) is 9.44 Å². The number of halogens is 10. The van der Waals surface area contributed by atoms with Gasteiger partial charge in [0.1, 0.15) is 23.0 Å². The average molecular weight is 1120 g/mol. The van der Waals surface area contributed by atoms with Crippen molar-refractivity contribution in [1.29, 1.82) is 0 Å². The molecule has 6 aromatic rings. The highest BCUT2D eigenvalue weighted by Gasteiger charge is 2.35. The zero-order valence-corrected chi connectivity index (χ0v) is 41.7. The minimum Gasteiger partial charge on any atom is -0.399 e. The van der Waals surface area contributed by atoms with Crippen LogP contribution in [0.3, 0.4) is 0 Å². The van der Waals surface area contributed by atoms with Crippen LogP contribution in [-0.4, -0.2) is 63.6 Å². The Hall–Kier alpha value is -7.51. The average Bonchev–Trinajstić information content (AvgIpc) is 3.29. The van der Waals surface area contributed by atoms with E-state index in [1.165, 1.54) is 39.1 Å². The van der Waals surface area contributed by atoms with E-state index < -0.39 is 116 Å². The summed E-state index contributed by atoms with van der Waals surface area (Å²) in [6.45, 7) is 5.79. The van der Waals surface area contributed by atoms with Crippen molar-refractivity contribution in [2.45, 2.75) is 55.9 Å². The lowest BCUT2D eigenvalue weighted by molar-refractivity contribution is -0.139. The van der Waals surface area contributed by atoms with E-state index in [4.69, 9.17) is 33.7 Å². The van der Waals surface area contributed by atoms with E-state index >= 15 is 0 Å². The predicted molar refractivity (Wildman–Crippen MR) is 258 cm³/mol. The first-order valence-electron chi connectivity index (χ1n) is 20.5. The number of carbonyl (C=O) groups is 3. The Kier molecular flexibility index (Phi) is 19.2. The molecule has 2 aromatic heterocycles. The number of anilines is 4. The van der Waals surface area contributed by atoms with Crippen molar-refractivity contribution in [1.82, 2.24) is 15.3 Å². The smallest absolute Gasteiger partial charge is 0.399 e. The number of nitrogens with two attached hydrogens (primary N) is 1. The van der Waals surface area contributed by atoms with Crippen molar-refractivity contribution in [2.24, 2.45) is 4.99 Å². The highest BCUT2D eigenvalue weighted by atomic mass is 35.5. The van der Waals surface area contributed by atoms with Crippen LogP contribution in [0.5, 0.6) is 0 Å². The largest absolute Gasteiger partial charge is 0.416 e. The summed E-state index contributed by atoms with van der Waals surface area (Å²) in [5.41, 5.74) is -0.0220. The third-order valence-corrected chi connectivity index (χ3v) is 12.6. The number of nitrogens with one attached hydrogen (secondary N) is 4. The van der Waals surface area contributed by atoms with Crippen LogP contribution in [0.15, 0.2) is 112 Å². The number of nitrogen functional groups attached to an aromatic ring is 1. The lowest BCUT2D eigenvalue weighted by Crippen LogP contribution is -2.34. The molecule has 0 radical (unpaired) electrons. The molecule has 16 nitrogen and oxygen atoms in total. The van der Waals surface area contributed by atoms with E-state index in [9.17, 15) is 66.3 Å². The molecule has 4 aromatic carbocycles. The van der Waals surface area contributed by atoms with Gasteiger partial charge in [0.15, 0.2) is 0 Å². The van der Waals surface area contributed by atoms with Gasteiger partial charge >= 0.3 is 18.4 Å². The lowest BCUT2D eigenvalue weighted by Gasteiger charge is -2.15. The second kappa shape index (κ2) is 24.0. The molecule has 6 rings (SSSR count). The number of hydrogen-bond acceptors (Lipinski definition) is 12. The zero-order chi connectivity index (χ0) is 55.7. The minimum atomic E-state index is -4.81. The number of aliphatic imine (C=N–C) groups is 1. The van der Waals surface area contributed by atoms with Crippen LogP contribution in [-0.2, 0) is 37.2 Å². The fourth-order valence-electron chi connectivity index (χ4n) is 6.13. The third-order valence-electron chi connectivity index (χ3n) is 9.49. The van der Waals surface area contributed by atoms with Crippen LogP contribution < -0.4 is 25.8 Å². The van der Waals surface area contributed by atoms with Gasteiger partial charge in [-0.05, 0) is 112 Å². The van der Waals surface area contributed by atoms with Crippen LogP contribution in [0.25, 0.3) is 0 Å². The summed E-state index contributed by atoms with van der Waals surface area (Å²) >= 11 is 11.8. The first kappa shape index (κ1) is 59.1. The Morgan fingerprint density at radius 2 is 1.07 bits per heavy atom. The van der Waals surface area contributed by atoms with Crippen LogP contribution in [0.2, 0.25) is 10.0 Å². The summed E-state index contributed by atoms with van der Waals surface area (Å²) in [7, 11) is -7.90. The molecule has 0 aliphatic heterocycles. The normalized spacial score (nSPS) is 11.5. The molecule has 2 heterocycles. The predicted octanol–water partition coefficient (Wildman–Crippen LogP) is 10.5. The molecule has 2 amide bonds. The summed E-state index contributed by atoms with van der Waals surface area (Å²) in [4.78, 5) is 56.0. The molecule has 392 valence electrons. The molecule has 0 saturated carbocycles. The van der Waals surface area contributed by atoms with Crippen molar-refractivity contribution < 1.29 is 71.1 Å². The fourth-order valence-corrected chi connectivity index (χ4v) is 8.61.